The van der Waals surface area contributed by atoms with Crippen LogP contribution < -0.4 is 10.5 Å². The Balaban J connectivity index is 1.76. The van der Waals surface area contributed by atoms with Crippen LogP contribution in [-0.2, 0) is 0 Å². The second kappa shape index (κ2) is 5.73. The molecule has 5 rings (SSSR count). The number of nitrogens with zero attached hydrogens (tertiary/aromatic N) is 3. The molecule has 0 bridgehead atoms. The highest BCUT2D eigenvalue weighted by molar-refractivity contribution is 5.88. The average Bonchev–Trinajstić information content (AvgIpc) is 3.42. The van der Waals surface area contributed by atoms with Crippen molar-refractivity contribution in [2.45, 2.75) is 19.8 Å². The van der Waals surface area contributed by atoms with Crippen LogP contribution in [0.4, 0.5) is 5.82 Å². The van der Waals surface area contributed by atoms with Gasteiger partial charge in [-0.3, -0.25) is 4.40 Å². The number of hydrogen-bond donors (Lipinski definition) is 1. The zero-order valence-electron chi connectivity index (χ0n) is 14.6. The molecule has 5 nitrogen and oxygen atoms in total. The van der Waals surface area contributed by atoms with Crippen LogP contribution in [0.15, 0.2) is 48.5 Å². The number of nitrogen functional groups attached to an aromatic ring is 1. The number of aryl methyl sites for hydroxylation is 1. The van der Waals surface area contributed by atoms with Crippen LogP contribution >= 0.6 is 0 Å². The minimum absolute atomic E-state index is 0.497. The minimum Gasteiger partial charge on any atom is -0.493 e. The first kappa shape index (κ1) is 15.2. The molecule has 0 amide bonds. The molecule has 0 radical (unpaired) electrons. The average molecular weight is 344 g/mol. The minimum atomic E-state index is 0.497. The van der Waals surface area contributed by atoms with E-state index in [2.05, 4.69) is 21.5 Å². The Morgan fingerprint density at radius 3 is 2.69 bits per heavy atom. The molecule has 2 N–H and O–H groups in total. The number of ether oxygens (including phenoxy) is 1. The summed E-state index contributed by atoms with van der Waals surface area (Å²) in [5.74, 6) is 2.95. The third-order valence-corrected chi connectivity index (χ3v) is 4.94. The molecule has 0 aliphatic heterocycles. The van der Waals surface area contributed by atoms with Gasteiger partial charge in [0, 0.05) is 11.6 Å². The summed E-state index contributed by atoms with van der Waals surface area (Å²) in [4.78, 5) is 9.37. The van der Waals surface area contributed by atoms with Gasteiger partial charge in [-0.1, -0.05) is 30.3 Å². The van der Waals surface area contributed by atoms with Crippen molar-refractivity contribution >= 4 is 22.4 Å². The molecule has 0 unspecified atom stereocenters. The Bertz CT molecular complexity index is 1110. The Morgan fingerprint density at radius 2 is 1.92 bits per heavy atom. The Labute approximate surface area is 151 Å². The standard InChI is InChI=1S/C21H20N4O/c1-13-19-20(22)24-17-10-9-16(26-12-14-7-8-14)11-18(17)25(19)21(23-13)15-5-3-2-4-6-15/h2-6,9-11,14H,7-8,12H2,1H3,(H2,22,24). The molecular formula is C21H20N4O. The van der Waals surface area contributed by atoms with Crippen molar-refractivity contribution in [3.8, 4) is 17.1 Å². The zero-order chi connectivity index (χ0) is 17.7. The predicted molar refractivity (Wildman–Crippen MR) is 103 cm³/mol. The van der Waals surface area contributed by atoms with Crippen LogP contribution in [0.2, 0.25) is 0 Å². The van der Waals surface area contributed by atoms with Gasteiger partial charge in [0.1, 0.15) is 22.9 Å². The molecule has 1 saturated carbocycles. The van der Waals surface area contributed by atoms with E-state index in [1.807, 2.05) is 43.3 Å². The van der Waals surface area contributed by atoms with Crippen LogP contribution in [0.1, 0.15) is 18.5 Å². The molecular weight excluding hydrogens is 324 g/mol. The lowest BCUT2D eigenvalue weighted by Crippen LogP contribution is -2.02. The lowest BCUT2D eigenvalue weighted by molar-refractivity contribution is 0.300. The number of anilines is 1. The van der Waals surface area contributed by atoms with Gasteiger partial charge in [0.15, 0.2) is 0 Å². The maximum Gasteiger partial charge on any atom is 0.150 e. The first-order chi connectivity index (χ1) is 12.7. The van der Waals surface area contributed by atoms with Gasteiger partial charge in [-0.2, -0.15) is 0 Å². The highest BCUT2D eigenvalue weighted by Gasteiger charge is 2.22. The van der Waals surface area contributed by atoms with E-state index in [1.54, 1.807) is 0 Å². The number of nitrogens with two attached hydrogens (primary N) is 1. The SMILES string of the molecule is Cc1nc(-c2ccccc2)n2c1c(N)nc1ccc(OCC3CC3)cc12. The van der Waals surface area contributed by atoms with Crippen molar-refractivity contribution in [3.63, 3.8) is 0 Å². The first-order valence-electron chi connectivity index (χ1n) is 8.97. The summed E-state index contributed by atoms with van der Waals surface area (Å²) in [5, 5.41) is 0. The molecule has 0 atom stereocenters. The fraction of sp³-hybridized carbons (Fsp3) is 0.238. The van der Waals surface area contributed by atoms with Crippen molar-refractivity contribution in [1.29, 1.82) is 0 Å². The molecule has 1 aliphatic carbocycles. The molecule has 1 aliphatic rings. The van der Waals surface area contributed by atoms with E-state index < -0.39 is 0 Å². The van der Waals surface area contributed by atoms with Gasteiger partial charge in [0.05, 0.1) is 23.3 Å². The van der Waals surface area contributed by atoms with E-state index in [1.165, 1.54) is 12.8 Å². The lowest BCUT2D eigenvalue weighted by Gasteiger charge is -2.11. The molecule has 130 valence electrons. The van der Waals surface area contributed by atoms with E-state index in [-0.39, 0.29) is 0 Å². The number of hydrogen-bond acceptors (Lipinski definition) is 4. The van der Waals surface area contributed by atoms with Crippen LogP contribution in [-0.4, -0.2) is 21.0 Å². The van der Waals surface area contributed by atoms with E-state index in [0.717, 1.165) is 46.0 Å². The second-order valence-corrected chi connectivity index (χ2v) is 6.97. The molecule has 0 saturated heterocycles. The third kappa shape index (κ3) is 2.47. The Hall–Kier alpha value is -3.08. The molecule has 2 aromatic heterocycles. The fourth-order valence-electron chi connectivity index (χ4n) is 3.39. The van der Waals surface area contributed by atoms with Crippen LogP contribution in [0.3, 0.4) is 0 Å². The number of aromatic nitrogens is 3. The Kier molecular flexibility index (Phi) is 3.35. The summed E-state index contributed by atoms with van der Waals surface area (Å²) in [6.45, 7) is 2.75. The molecule has 2 heterocycles. The normalized spacial score (nSPS) is 14.2. The number of imidazole rings is 1. The second-order valence-electron chi connectivity index (χ2n) is 6.97. The van der Waals surface area contributed by atoms with E-state index in [9.17, 15) is 0 Å². The summed E-state index contributed by atoms with van der Waals surface area (Å²) in [5.41, 5.74) is 10.8. The van der Waals surface area contributed by atoms with Gasteiger partial charge in [-0.05, 0) is 37.8 Å². The molecule has 4 aromatic rings. The fourth-order valence-corrected chi connectivity index (χ4v) is 3.39. The van der Waals surface area contributed by atoms with E-state index in [0.29, 0.717) is 11.7 Å². The highest BCUT2D eigenvalue weighted by Crippen LogP contribution is 2.33. The summed E-state index contributed by atoms with van der Waals surface area (Å²) in [6, 6.07) is 16.1. The van der Waals surface area contributed by atoms with Crippen molar-refractivity contribution in [2.24, 2.45) is 5.92 Å². The summed E-state index contributed by atoms with van der Waals surface area (Å²) in [6.07, 6.45) is 2.55. The lowest BCUT2D eigenvalue weighted by atomic mass is 10.2. The van der Waals surface area contributed by atoms with Crippen molar-refractivity contribution < 1.29 is 4.74 Å². The molecule has 2 aromatic carbocycles. The molecule has 5 heteroatoms. The van der Waals surface area contributed by atoms with Crippen LogP contribution in [0, 0.1) is 12.8 Å². The highest BCUT2D eigenvalue weighted by atomic mass is 16.5. The first-order valence-corrected chi connectivity index (χ1v) is 8.97. The van der Waals surface area contributed by atoms with Crippen molar-refractivity contribution in [1.82, 2.24) is 14.4 Å². The maximum absolute atomic E-state index is 6.26. The summed E-state index contributed by atoms with van der Waals surface area (Å²) >= 11 is 0. The topological polar surface area (TPSA) is 65.4 Å². The number of rotatable bonds is 4. The number of benzene rings is 2. The van der Waals surface area contributed by atoms with E-state index in [4.69, 9.17) is 15.5 Å². The summed E-state index contributed by atoms with van der Waals surface area (Å²) < 4.78 is 8.08. The predicted octanol–water partition coefficient (Wildman–Crippen LogP) is 4.23. The smallest absolute Gasteiger partial charge is 0.150 e. The third-order valence-electron chi connectivity index (χ3n) is 4.94. The maximum atomic E-state index is 6.26. The molecule has 0 spiro atoms. The number of fused-ring (bicyclic) bond motifs is 3. The molecule has 1 fully saturated rings. The Morgan fingerprint density at radius 1 is 1.12 bits per heavy atom. The van der Waals surface area contributed by atoms with Crippen LogP contribution in [0.5, 0.6) is 5.75 Å². The monoisotopic (exact) mass is 344 g/mol. The van der Waals surface area contributed by atoms with E-state index >= 15 is 0 Å². The van der Waals surface area contributed by atoms with Crippen molar-refractivity contribution in [3.05, 3.63) is 54.2 Å². The van der Waals surface area contributed by atoms with Gasteiger partial charge in [-0.15, -0.1) is 0 Å². The molecule has 26 heavy (non-hydrogen) atoms. The zero-order valence-corrected chi connectivity index (χ0v) is 14.6. The van der Waals surface area contributed by atoms with Gasteiger partial charge < -0.3 is 10.5 Å². The van der Waals surface area contributed by atoms with Gasteiger partial charge in [0.2, 0.25) is 0 Å². The quantitative estimate of drug-likeness (QED) is 0.602. The van der Waals surface area contributed by atoms with Gasteiger partial charge in [-0.25, -0.2) is 9.97 Å². The van der Waals surface area contributed by atoms with Gasteiger partial charge >= 0.3 is 0 Å². The van der Waals surface area contributed by atoms with Crippen LogP contribution in [0.25, 0.3) is 27.9 Å². The van der Waals surface area contributed by atoms with Crippen molar-refractivity contribution in [2.75, 3.05) is 12.3 Å². The van der Waals surface area contributed by atoms with Gasteiger partial charge in [0.25, 0.3) is 0 Å². The largest absolute Gasteiger partial charge is 0.493 e. The summed E-state index contributed by atoms with van der Waals surface area (Å²) in [7, 11) is 0.